The minimum absolute atomic E-state index is 0.0604. The highest BCUT2D eigenvalue weighted by Gasteiger charge is 2.18. The Kier molecular flexibility index (Phi) is 5.86. The molecule has 0 unspecified atom stereocenters. The number of hydrogen-bond acceptors (Lipinski definition) is 5. The number of anilines is 1. The summed E-state index contributed by atoms with van der Waals surface area (Å²) in [6.45, 7) is 4.45. The van der Waals surface area contributed by atoms with Crippen LogP contribution in [0.2, 0.25) is 0 Å². The normalized spacial score (nSPS) is 11.0. The van der Waals surface area contributed by atoms with E-state index in [2.05, 4.69) is 57.2 Å². The molecule has 0 radical (unpaired) electrons. The van der Waals surface area contributed by atoms with Gasteiger partial charge >= 0.3 is 0 Å². The van der Waals surface area contributed by atoms with Crippen LogP contribution in [-0.2, 0) is 0 Å². The molecule has 0 spiro atoms. The Morgan fingerprint density at radius 1 is 1.11 bits per heavy atom. The molecule has 7 nitrogen and oxygen atoms in total. The van der Waals surface area contributed by atoms with Crippen molar-refractivity contribution >= 4 is 33.5 Å². The summed E-state index contributed by atoms with van der Waals surface area (Å²) < 4.78 is 5.61. The number of imidazole rings is 1. The molecule has 0 aliphatic rings. The van der Waals surface area contributed by atoms with Crippen molar-refractivity contribution < 1.29 is 9.53 Å². The molecule has 1 amide bonds. The van der Waals surface area contributed by atoms with Crippen LogP contribution in [0.5, 0.6) is 5.75 Å². The molecule has 5 aromatic rings. The van der Waals surface area contributed by atoms with E-state index in [1.807, 2.05) is 30.3 Å². The number of carbonyl (C=O) groups excluding carboxylic acids is 1. The van der Waals surface area contributed by atoms with E-state index in [4.69, 9.17) is 11.2 Å². The van der Waals surface area contributed by atoms with E-state index in [1.54, 1.807) is 24.5 Å². The number of carbonyl (C=O) groups is 1. The van der Waals surface area contributed by atoms with E-state index >= 15 is 0 Å². The number of amides is 1. The highest BCUT2D eigenvalue weighted by molar-refractivity contribution is 6.07. The van der Waals surface area contributed by atoms with Crippen molar-refractivity contribution in [1.82, 2.24) is 19.9 Å². The van der Waals surface area contributed by atoms with Crippen LogP contribution in [0, 0.1) is 12.3 Å². The second-order valence-corrected chi connectivity index (χ2v) is 8.40. The van der Waals surface area contributed by atoms with Gasteiger partial charge in [-0.05, 0) is 41.8 Å². The molecule has 0 aliphatic carbocycles. The Morgan fingerprint density at radius 2 is 1.94 bits per heavy atom. The molecule has 2 aromatic heterocycles. The molecule has 35 heavy (non-hydrogen) atoms. The van der Waals surface area contributed by atoms with Gasteiger partial charge in [0.15, 0.2) is 0 Å². The minimum Gasteiger partial charge on any atom is -0.481 e. The van der Waals surface area contributed by atoms with Gasteiger partial charge in [-0.2, -0.15) is 0 Å². The molecule has 172 valence electrons. The number of H-pyrrole nitrogens is 1. The zero-order valence-corrected chi connectivity index (χ0v) is 19.4. The Balaban J connectivity index is 1.60. The summed E-state index contributed by atoms with van der Waals surface area (Å²) in [4.78, 5) is 29.8. The smallest absolute Gasteiger partial charge is 0.293 e. The van der Waals surface area contributed by atoms with Crippen LogP contribution in [0.25, 0.3) is 33.2 Å². The van der Waals surface area contributed by atoms with Crippen molar-refractivity contribution in [3.63, 3.8) is 0 Å². The molecule has 0 atom stereocenters. The number of ether oxygens (including phenoxy) is 1. The number of rotatable bonds is 6. The van der Waals surface area contributed by atoms with Gasteiger partial charge in [-0.1, -0.05) is 50.1 Å². The topological polar surface area (TPSA) is 92.8 Å². The van der Waals surface area contributed by atoms with Crippen LogP contribution in [0.4, 0.5) is 5.69 Å². The van der Waals surface area contributed by atoms with Crippen LogP contribution in [-0.4, -0.2) is 32.4 Å². The predicted octanol–water partition coefficient (Wildman–Crippen LogP) is 5.56. The molecule has 3 aromatic carbocycles. The minimum atomic E-state index is -0.421. The fourth-order valence-electron chi connectivity index (χ4n) is 3.91. The average molecular weight is 462 g/mol. The van der Waals surface area contributed by atoms with Crippen LogP contribution in [0.15, 0.2) is 67.0 Å². The summed E-state index contributed by atoms with van der Waals surface area (Å²) >= 11 is 0. The number of nitrogens with one attached hydrogen (secondary N) is 2. The largest absolute Gasteiger partial charge is 0.481 e. The lowest BCUT2D eigenvalue weighted by atomic mass is 9.99. The number of benzene rings is 3. The van der Waals surface area contributed by atoms with Gasteiger partial charge in [-0.15, -0.1) is 6.42 Å². The lowest BCUT2D eigenvalue weighted by Crippen LogP contribution is -2.16. The number of para-hydroxylation sites is 1. The molecule has 0 saturated carbocycles. The first-order valence-corrected chi connectivity index (χ1v) is 11.3. The number of aromatic amines is 1. The third-order valence-electron chi connectivity index (χ3n) is 5.74. The van der Waals surface area contributed by atoms with E-state index < -0.39 is 5.91 Å². The van der Waals surface area contributed by atoms with Crippen molar-refractivity contribution in [3.05, 3.63) is 78.4 Å². The zero-order chi connectivity index (χ0) is 24.4. The summed E-state index contributed by atoms with van der Waals surface area (Å²) in [5.74, 6) is 3.13. The van der Waals surface area contributed by atoms with Gasteiger partial charge in [0.05, 0.1) is 28.7 Å². The van der Waals surface area contributed by atoms with Gasteiger partial charge < -0.3 is 15.0 Å². The van der Waals surface area contributed by atoms with Crippen LogP contribution in [0.1, 0.15) is 35.9 Å². The van der Waals surface area contributed by atoms with E-state index in [9.17, 15) is 4.79 Å². The van der Waals surface area contributed by atoms with Crippen molar-refractivity contribution in [2.75, 3.05) is 11.9 Å². The first-order chi connectivity index (χ1) is 17.0. The zero-order valence-electron chi connectivity index (χ0n) is 19.4. The molecule has 0 saturated heterocycles. The molecular formula is C28H23N5O2. The number of aromatic nitrogens is 4. The highest BCUT2D eigenvalue weighted by Crippen LogP contribution is 2.31. The molecule has 2 heterocycles. The van der Waals surface area contributed by atoms with Gasteiger partial charge in [0.1, 0.15) is 17.9 Å². The maximum absolute atomic E-state index is 13.2. The Labute approximate surface area is 202 Å². The van der Waals surface area contributed by atoms with E-state index in [0.717, 1.165) is 16.5 Å². The van der Waals surface area contributed by atoms with Gasteiger partial charge in [-0.3, -0.25) is 4.79 Å². The monoisotopic (exact) mass is 461 g/mol. The van der Waals surface area contributed by atoms with Crippen molar-refractivity contribution in [2.24, 2.45) is 0 Å². The average Bonchev–Trinajstić information content (AvgIpc) is 3.37. The quantitative estimate of drug-likeness (QED) is 0.323. The summed E-state index contributed by atoms with van der Waals surface area (Å²) in [5.41, 5.74) is 5.43. The lowest BCUT2D eigenvalue weighted by molar-refractivity contribution is 0.101. The first-order valence-electron chi connectivity index (χ1n) is 11.3. The van der Waals surface area contributed by atoms with Crippen LogP contribution in [0.3, 0.4) is 0 Å². The number of fused-ring (bicyclic) bond motifs is 2. The number of nitrogens with zero attached hydrogens (tertiary/aromatic N) is 3. The van der Waals surface area contributed by atoms with E-state index in [-0.39, 0.29) is 12.4 Å². The number of terminal acetylenes is 1. The Morgan fingerprint density at radius 3 is 2.71 bits per heavy atom. The standard InChI is InChI=1S/C28H23N5O2/c1-4-14-35-20-12-13-22-21(15-20)25(19-10-8-18(9-11-19)17(2)3)33-27(31-22)28(34)32-24-7-5-6-23-26(24)30-16-29-23/h1,5-13,15-17H,14H2,2-3H3,(H,29,30)(H,32,34). The summed E-state index contributed by atoms with van der Waals surface area (Å²) in [6.07, 6.45) is 6.93. The first kappa shape index (κ1) is 22.1. The summed E-state index contributed by atoms with van der Waals surface area (Å²) in [5, 5.41) is 3.67. The maximum atomic E-state index is 13.2. The fraction of sp³-hybridized carbons (Fsp3) is 0.143. The third kappa shape index (κ3) is 4.42. The van der Waals surface area contributed by atoms with Gasteiger partial charge in [0, 0.05) is 10.9 Å². The molecule has 7 heteroatoms. The van der Waals surface area contributed by atoms with Gasteiger partial charge in [0.25, 0.3) is 5.91 Å². The lowest BCUT2D eigenvalue weighted by Gasteiger charge is -2.12. The molecule has 2 N–H and O–H groups in total. The molecule has 0 fully saturated rings. The van der Waals surface area contributed by atoms with Crippen molar-refractivity contribution in [2.45, 2.75) is 19.8 Å². The molecule has 5 rings (SSSR count). The van der Waals surface area contributed by atoms with E-state index in [0.29, 0.717) is 34.1 Å². The summed E-state index contributed by atoms with van der Waals surface area (Å²) in [6, 6.07) is 19.1. The van der Waals surface area contributed by atoms with E-state index in [1.165, 1.54) is 5.56 Å². The molecular weight excluding hydrogens is 438 g/mol. The van der Waals surface area contributed by atoms with Gasteiger partial charge in [-0.25, -0.2) is 15.0 Å². The second kappa shape index (κ2) is 9.27. The number of hydrogen-bond donors (Lipinski definition) is 2. The molecule has 0 aliphatic heterocycles. The summed E-state index contributed by atoms with van der Waals surface area (Å²) in [7, 11) is 0. The predicted molar refractivity (Wildman–Crippen MR) is 137 cm³/mol. The fourth-order valence-corrected chi connectivity index (χ4v) is 3.91. The van der Waals surface area contributed by atoms with Crippen LogP contribution < -0.4 is 10.1 Å². The molecule has 0 bridgehead atoms. The van der Waals surface area contributed by atoms with Crippen molar-refractivity contribution in [1.29, 1.82) is 0 Å². The Bertz CT molecular complexity index is 1580. The van der Waals surface area contributed by atoms with Gasteiger partial charge in [0.2, 0.25) is 5.82 Å². The van der Waals surface area contributed by atoms with Crippen molar-refractivity contribution in [3.8, 4) is 29.4 Å². The third-order valence-corrected chi connectivity index (χ3v) is 5.74. The highest BCUT2D eigenvalue weighted by atomic mass is 16.5. The van der Waals surface area contributed by atoms with Crippen LogP contribution >= 0.6 is 0 Å². The Hall–Kier alpha value is -4.70. The maximum Gasteiger partial charge on any atom is 0.293 e. The second-order valence-electron chi connectivity index (χ2n) is 8.40. The SMILES string of the molecule is C#CCOc1ccc2nc(C(=O)Nc3cccc4[nH]cnc34)nc(-c3ccc(C(C)C)cc3)c2c1.